The van der Waals surface area contributed by atoms with E-state index in [9.17, 15) is 0 Å². The molecule has 4 nitrogen and oxygen atoms in total. The van der Waals surface area contributed by atoms with Crippen molar-refractivity contribution in [1.29, 1.82) is 5.26 Å². The van der Waals surface area contributed by atoms with Crippen molar-refractivity contribution in [2.24, 2.45) is 0 Å². The minimum absolute atomic E-state index is 0.274. The fourth-order valence-corrected chi connectivity index (χ4v) is 1.83. The maximum Gasteiger partial charge on any atom is 0.151 e. The van der Waals surface area contributed by atoms with Gasteiger partial charge < -0.3 is 9.26 Å². The third-order valence-electron chi connectivity index (χ3n) is 1.78. The van der Waals surface area contributed by atoms with Crippen LogP contribution in [0.5, 0.6) is 0 Å². The zero-order valence-electron chi connectivity index (χ0n) is 9.99. The molecule has 0 spiro atoms. The summed E-state index contributed by atoms with van der Waals surface area (Å²) in [4.78, 5) is 0. The van der Waals surface area contributed by atoms with E-state index >= 15 is 0 Å². The van der Waals surface area contributed by atoms with Crippen LogP contribution in [0.4, 0.5) is 0 Å². The summed E-state index contributed by atoms with van der Waals surface area (Å²) in [7, 11) is 0.321. The summed E-state index contributed by atoms with van der Waals surface area (Å²) in [5.74, 6) is 0. The molecule has 15 heavy (non-hydrogen) atoms. The highest BCUT2D eigenvalue weighted by Crippen LogP contribution is 2.25. The second kappa shape index (κ2) is 9.06. The zero-order valence-corrected chi connectivity index (χ0v) is 11.0. The maximum absolute atomic E-state index is 8.28. The summed E-state index contributed by atoms with van der Waals surface area (Å²) in [5, 5.41) is 8.28. The molecule has 88 valence electrons. The van der Waals surface area contributed by atoms with E-state index < -0.39 is 0 Å². The van der Waals surface area contributed by atoms with E-state index in [2.05, 4.69) is 32.4 Å². The van der Waals surface area contributed by atoms with Crippen LogP contribution in [0.15, 0.2) is 0 Å². The topological polar surface area (TPSA) is 45.5 Å². The van der Waals surface area contributed by atoms with Crippen molar-refractivity contribution in [3.8, 4) is 6.07 Å². The summed E-state index contributed by atoms with van der Waals surface area (Å²) in [6, 6.07) is 2.96. The van der Waals surface area contributed by atoms with Gasteiger partial charge in [0, 0.05) is 12.1 Å². The van der Waals surface area contributed by atoms with E-state index in [0.29, 0.717) is 34.1 Å². The Morgan fingerprint density at radius 1 is 1.27 bits per heavy atom. The van der Waals surface area contributed by atoms with Crippen molar-refractivity contribution in [3.05, 3.63) is 0 Å². The number of hydrogen-bond acceptors (Lipinski definition) is 4. The van der Waals surface area contributed by atoms with Crippen molar-refractivity contribution in [1.82, 2.24) is 4.67 Å². The first-order valence-corrected chi connectivity index (χ1v) is 6.05. The summed E-state index contributed by atoms with van der Waals surface area (Å²) >= 11 is 0. The van der Waals surface area contributed by atoms with Crippen LogP contribution >= 0.6 is 8.96 Å². The Kier molecular flexibility index (Phi) is 8.94. The number of hydrogen-bond donors (Lipinski definition) is 0. The second-order valence-corrected chi connectivity index (χ2v) is 4.75. The maximum atomic E-state index is 8.28. The molecule has 0 bridgehead atoms. The molecule has 0 radical (unpaired) electrons. The van der Waals surface area contributed by atoms with Crippen molar-refractivity contribution in [2.45, 2.75) is 46.2 Å². The molecular weight excluding hydrogens is 211 g/mol. The highest BCUT2D eigenvalue weighted by Gasteiger charge is 2.13. The monoisotopic (exact) mass is 232 g/mol. The molecule has 1 atom stereocenters. The smallest absolute Gasteiger partial charge is 0.151 e. The minimum atomic E-state index is 0.274. The third kappa shape index (κ3) is 7.70. The fraction of sp³-hybridized carbons (Fsp3) is 0.900. The lowest BCUT2D eigenvalue weighted by Crippen LogP contribution is -2.29. The number of ether oxygens (including phenoxy) is 1. The van der Waals surface area contributed by atoms with Gasteiger partial charge in [0.25, 0.3) is 0 Å². The van der Waals surface area contributed by atoms with Crippen molar-refractivity contribution < 1.29 is 9.26 Å². The minimum Gasteiger partial charge on any atom is -0.354 e. The Morgan fingerprint density at radius 2 is 1.87 bits per heavy atom. The summed E-state index contributed by atoms with van der Waals surface area (Å²) in [5.41, 5.74) is 0. The highest BCUT2D eigenvalue weighted by atomic mass is 31.1. The molecule has 0 aliphatic rings. The quantitative estimate of drug-likeness (QED) is 0.366. The van der Waals surface area contributed by atoms with Gasteiger partial charge in [-0.05, 0) is 27.7 Å². The van der Waals surface area contributed by atoms with Gasteiger partial charge in [0.1, 0.15) is 0 Å². The van der Waals surface area contributed by atoms with E-state index in [4.69, 9.17) is 14.5 Å². The van der Waals surface area contributed by atoms with Gasteiger partial charge in [0.15, 0.2) is 6.79 Å². The van der Waals surface area contributed by atoms with Gasteiger partial charge in [-0.3, -0.25) is 4.67 Å². The summed E-state index contributed by atoms with van der Waals surface area (Å²) < 4.78 is 12.8. The average Bonchev–Trinajstić information content (AvgIpc) is 2.15. The van der Waals surface area contributed by atoms with E-state index in [-0.39, 0.29) is 6.79 Å². The fourth-order valence-electron chi connectivity index (χ4n) is 1.13. The molecule has 0 saturated heterocycles. The molecule has 0 fully saturated rings. The predicted molar refractivity (Wildman–Crippen MR) is 62.6 cm³/mol. The lowest BCUT2D eigenvalue weighted by molar-refractivity contribution is 0.0225. The first-order chi connectivity index (χ1) is 7.09. The largest absolute Gasteiger partial charge is 0.354 e. The van der Waals surface area contributed by atoms with Gasteiger partial charge in [-0.15, -0.1) is 0 Å². The van der Waals surface area contributed by atoms with Crippen molar-refractivity contribution in [3.63, 3.8) is 0 Å². The molecule has 0 amide bonds. The van der Waals surface area contributed by atoms with Crippen LogP contribution in [0, 0.1) is 11.3 Å². The molecule has 5 heteroatoms. The van der Waals surface area contributed by atoms with Gasteiger partial charge in [-0.1, -0.05) is 0 Å². The van der Waals surface area contributed by atoms with Crippen LogP contribution in [0.25, 0.3) is 0 Å². The van der Waals surface area contributed by atoms with Crippen molar-refractivity contribution in [2.75, 3.05) is 13.4 Å². The van der Waals surface area contributed by atoms with E-state index in [0.717, 1.165) is 0 Å². The first-order valence-electron chi connectivity index (χ1n) is 5.20. The normalized spacial score (nSPS) is 12.1. The Labute approximate surface area is 94.5 Å². The van der Waals surface area contributed by atoms with Crippen LogP contribution in [0.3, 0.4) is 0 Å². The summed E-state index contributed by atoms with van der Waals surface area (Å²) in [6.07, 6.45) is 0.421. The Balaban J connectivity index is 3.51. The molecule has 0 aliphatic carbocycles. The molecule has 0 aromatic carbocycles. The van der Waals surface area contributed by atoms with E-state index in [1.807, 2.05) is 6.07 Å². The SMILES string of the molecule is CC(C)N(POCOCCC#N)C(C)C. The van der Waals surface area contributed by atoms with E-state index in [1.165, 1.54) is 0 Å². The van der Waals surface area contributed by atoms with Gasteiger partial charge in [0.05, 0.1) is 28.1 Å². The standard InChI is InChI=1S/C10H21N2O2P/c1-9(2)12(10(3)4)15-14-8-13-7-5-6-11/h9-10,15H,5,7-8H2,1-4H3. The molecular formula is C10H21N2O2P. The van der Waals surface area contributed by atoms with Gasteiger partial charge >= 0.3 is 0 Å². The van der Waals surface area contributed by atoms with Crippen LogP contribution < -0.4 is 0 Å². The van der Waals surface area contributed by atoms with Crippen molar-refractivity contribution >= 4 is 8.96 Å². The predicted octanol–water partition coefficient (Wildman–Crippen LogP) is 2.52. The first kappa shape index (κ1) is 14.8. The van der Waals surface area contributed by atoms with Crippen LogP contribution in [0.1, 0.15) is 34.1 Å². The van der Waals surface area contributed by atoms with Gasteiger partial charge in [-0.25, -0.2) is 0 Å². The molecule has 0 aromatic heterocycles. The van der Waals surface area contributed by atoms with Crippen LogP contribution in [-0.2, 0) is 9.26 Å². The third-order valence-corrected chi connectivity index (χ3v) is 3.27. The summed E-state index contributed by atoms with van der Waals surface area (Å²) in [6.45, 7) is 9.31. The molecule has 0 aliphatic heterocycles. The number of nitrogens with zero attached hydrogens (tertiary/aromatic N) is 2. The number of nitriles is 1. The zero-order chi connectivity index (χ0) is 11.7. The van der Waals surface area contributed by atoms with Crippen LogP contribution in [-0.4, -0.2) is 30.2 Å². The molecule has 0 aromatic rings. The second-order valence-electron chi connectivity index (χ2n) is 3.76. The Hall–Kier alpha value is -0.200. The van der Waals surface area contributed by atoms with Gasteiger partial charge in [-0.2, -0.15) is 5.26 Å². The van der Waals surface area contributed by atoms with E-state index in [1.54, 1.807) is 0 Å². The number of rotatable bonds is 8. The lowest BCUT2D eigenvalue weighted by Gasteiger charge is -2.29. The molecule has 0 N–H and O–H groups in total. The molecule has 0 rings (SSSR count). The highest BCUT2D eigenvalue weighted by molar-refractivity contribution is 7.29. The lowest BCUT2D eigenvalue weighted by atomic mass is 10.3. The molecule has 0 heterocycles. The Morgan fingerprint density at radius 3 is 2.33 bits per heavy atom. The average molecular weight is 232 g/mol. The molecule has 1 unspecified atom stereocenters. The van der Waals surface area contributed by atoms with Crippen LogP contribution in [0.2, 0.25) is 0 Å². The Bertz CT molecular complexity index is 184. The molecule has 0 saturated carbocycles. The van der Waals surface area contributed by atoms with Gasteiger partial charge in [0.2, 0.25) is 0 Å².